The van der Waals surface area contributed by atoms with E-state index in [1.54, 1.807) is 19.1 Å². The molecule has 1 saturated carbocycles. The van der Waals surface area contributed by atoms with Gasteiger partial charge in [0, 0.05) is 30.6 Å². The van der Waals surface area contributed by atoms with Crippen LogP contribution in [0.15, 0.2) is 18.2 Å². The van der Waals surface area contributed by atoms with E-state index in [2.05, 4.69) is 10.6 Å². The Morgan fingerprint density at radius 1 is 1.25 bits per heavy atom. The summed E-state index contributed by atoms with van der Waals surface area (Å²) in [6.07, 6.45) is 1.06. The highest BCUT2D eigenvalue weighted by Gasteiger charge is 2.32. The van der Waals surface area contributed by atoms with Crippen molar-refractivity contribution in [2.75, 3.05) is 10.6 Å². The van der Waals surface area contributed by atoms with Gasteiger partial charge in [-0.2, -0.15) is 0 Å². The third-order valence-corrected chi connectivity index (χ3v) is 3.42. The summed E-state index contributed by atoms with van der Waals surface area (Å²) in [6, 6.07) is 5.36. The van der Waals surface area contributed by atoms with Gasteiger partial charge in [-0.25, -0.2) is 0 Å². The Bertz CT molecular complexity index is 558. The Hall–Kier alpha value is -2.17. The molecule has 0 aromatic heterocycles. The average Bonchev–Trinajstić information content (AvgIpc) is 2.38. The maximum absolute atomic E-state index is 11.9. The monoisotopic (exact) mass is 274 g/mol. The number of hydrogen-bond donors (Lipinski definition) is 2. The molecule has 1 aromatic carbocycles. The van der Waals surface area contributed by atoms with Crippen molar-refractivity contribution in [3.8, 4) is 0 Å². The maximum atomic E-state index is 11.9. The lowest BCUT2D eigenvalue weighted by Crippen LogP contribution is -2.34. The molecule has 20 heavy (non-hydrogen) atoms. The molecule has 1 aliphatic rings. The normalized spacial score (nSPS) is 14.6. The molecule has 0 heterocycles. The lowest BCUT2D eigenvalue weighted by atomic mass is 9.83. The minimum Gasteiger partial charge on any atom is -0.326 e. The fourth-order valence-corrected chi connectivity index (χ4v) is 1.99. The van der Waals surface area contributed by atoms with Crippen molar-refractivity contribution in [1.82, 2.24) is 0 Å². The van der Waals surface area contributed by atoms with Crippen LogP contribution in [0.1, 0.15) is 31.7 Å². The molecule has 1 fully saturated rings. The SMILES string of the molecule is CCC(=O)Nc1cc(NC(=O)C2CC(=O)C2)ccc1C. The molecule has 0 spiro atoms. The highest BCUT2D eigenvalue weighted by Crippen LogP contribution is 2.26. The Morgan fingerprint density at radius 2 is 1.95 bits per heavy atom. The van der Waals surface area contributed by atoms with Crippen LogP contribution in [0.5, 0.6) is 0 Å². The van der Waals surface area contributed by atoms with Gasteiger partial charge < -0.3 is 10.6 Å². The first-order valence-electron chi connectivity index (χ1n) is 6.72. The van der Waals surface area contributed by atoms with E-state index in [9.17, 15) is 14.4 Å². The van der Waals surface area contributed by atoms with Gasteiger partial charge in [-0.05, 0) is 24.6 Å². The van der Waals surface area contributed by atoms with E-state index in [0.29, 0.717) is 30.6 Å². The highest BCUT2D eigenvalue weighted by atomic mass is 16.2. The van der Waals surface area contributed by atoms with Gasteiger partial charge in [0.2, 0.25) is 11.8 Å². The molecule has 2 N–H and O–H groups in total. The zero-order valence-corrected chi connectivity index (χ0v) is 11.7. The molecule has 5 heteroatoms. The van der Waals surface area contributed by atoms with Crippen molar-refractivity contribution in [3.63, 3.8) is 0 Å². The number of carbonyl (C=O) groups is 3. The summed E-state index contributed by atoms with van der Waals surface area (Å²) in [7, 11) is 0. The number of aryl methyl sites for hydroxylation is 1. The van der Waals surface area contributed by atoms with Crippen LogP contribution >= 0.6 is 0 Å². The summed E-state index contributed by atoms with van der Waals surface area (Å²) >= 11 is 0. The smallest absolute Gasteiger partial charge is 0.228 e. The fourth-order valence-electron chi connectivity index (χ4n) is 1.99. The molecule has 2 rings (SSSR count). The van der Waals surface area contributed by atoms with Crippen LogP contribution in [0.4, 0.5) is 11.4 Å². The number of rotatable bonds is 4. The maximum Gasteiger partial charge on any atom is 0.228 e. The minimum absolute atomic E-state index is 0.0684. The first-order chi connectivity index (χ1) is 9.49. The van der Waals surface area contributed by atoms with Gasteiger partial charge >= 0.3 is 0 Å². The third-order valence-electron chi connectivity index (χ3n) is 3.42. The first-order valence-corrected chi connectivity index (χ1v) is 6.72. The van der Waals surface area contributed by atoms with E-state index in [0.717, 1.165) is 5.56 Å². The van der Waals surface area contributed by atoms with Gasteiger partial charge in [0.05, 0.1) is 5.92 Å². The molecule has 2 amide bonds. The van der Waals surface area contributed by atoms with Gasteiger partial charge in [-0.1, -0.05) is 13.0 Å². The van der Waals surface area contributed by atoms with E-state index in [-0.39, 0.29) is 23.5 Å². The van der Waals surface area contributed by atoms with Crippen LogP contribution in [0, 0.1) is 12.8 Å². The van der Waals surface area contributed by atoms with Crippen molar-refractivity contribution in [1.29, 1.82) is 0 Å². The third kappa shape index (κ3) is 3.23. The van der Waals surface area contributed by atoms with E-state index in [4.69, 9.17) is 0 Å². The predicted octanol–water partition coefficient (Wildman–Crippen LogP) is 2.26. The molecule has 0 atom stereocenters. The van der Waals surface area contributed by atoms with Crippen LogP contribution in [-0.4, -0.2) is 17.6 Å². The Kier molecular flexibility index (Phi) is 4.17. The van der Waals surface area contributed by atoms with Gasteiger partial charge in [0.1, 0.15) is 5.78 Å². The lowest BCUT2D eigenvalue weighted by molar-refractivity contribution is -0.135. The number of amides is 2. The second-order valence-electron chi connectivity index (χ2n) is 5.06. The zero-order valence-electron chi connectivity index (χ0n) is 11.7. The number of carbonyl (C=O) groups excluding carboxylic acids is 3. The molecular formula is C15H18N2O3. The summed E-state index contributed by atoms with van der Waals surface area (Å²) in [5.41, 5.74) is 2.26. The van der Waals surface area contributed by atoms with Crippen LogP contribution < -0.4 is 10.6 Å². The highest BCUT2D eigenvalue weighted by molar-refractivity contribution is 6.02. The number of ketones is 1. The van der Waals surface area contributed by atoms with Crippen LogP contribution in [0.3, 0.4) is 0 Å². The quantitative estimate of drug-likeness (QED) is 0.884. The van der Waals surface area contributed by atoms with E-state index in [1.807, 2.05) is 13.0 Å². The molecular weight excluding hydrogens is 256 g/mol. The number of anilines is 2. The molecule has 5 nitrogen and oxygen atoms in total. The standard InChI is InChI=1S/C15H18N2O3/c1-3-14(19)17-13-8-11(5-4-9(13)2)16-15(20)10-6-12(18)7-10/h4-5,8,10H,3,6-7H2,1-2H3,(H,16,20)(H,17,19). The van der Waals surface area contributed by atoms with E-state index >= 15 is 0 Å². The summed E-state index contributed by atoms with van der Waals surface area (Å²) in [6.45, 7) is 3.67. The summed E-state index contributed by atoms with van der Waals surface area (Å²) in [5.74, 6) is -0.287. The predicted molar refractivity (Wildman–Crippen MR) is 76.5 cm³/mol. The largest absolute Gasteiger partial charge is 0.326 e. The van der Waals surface area contributed by atoms with Gasteiger partial charge in [-0.3, -0.25) is 14.4 Å². The van der Waals surface area contributed by atoms with Crippen molar-refractivity contribution in [2.24, 2.45) is 5.92 Å². The molecule has 0 saturated heterocycles. The Morgan fingerprint density at radius 3 is 2.55 bits per heavy atom. The zero-order chi connectivity index (χ0) is 14.7. The van der Waals surface area contributed by atoms with Gasteiger partial charge in [0.25, 0.3) is 0 Å². The average molecular weight is 274 g/mol. The Balaban J connectivity index is 2.05. The summed E-state index contributed by atoms with van der Waals surface area (Å²) < 4.78 is 0. The molecule has 106 valence electrons. The van der Waals surface area contributed by atoms with Crippen molar-refractivity contribution in [2.45, 2.75) is 33.1 Å². The van der Waals surface area contributed by atoms with Crippen molar-refractivity contribution < 1.29 is 14.4 Å². The van der Waals surface area contributed by atoms with Crippen LogP contribution in [-0.2, 0) is 14.4 Å². The summed E-state index contributed by atoms with van der Waals surface area (Å²) in [4.78, 5) is 34.2. The molecule has 0 unspecified atom stereocenters. The minimum atomic E-state index is -0.211. The molecule has 1 aliphatic carbocycles. The molecule has 1 aromatic rings. The van der Waals surface area contributed by atoms with Gasteiger partial charge in [-0.15, -0.1) is 0 Å². The number of benzene rings is 1. The summed E-state index contributed by atoms with van der Waals surface area (Å²) in [5, 5.41) is 5.57. The topological polar surface area (TPSA) is 75.3 Å². The number of nitrogens with one attached hydrogen (secondary N) is 2. The molecule has 0 bridgehead atoms. The van der Waals surface area contributed by atoms with Crippen molar-refractivity contribution in [3.05, 3.63) is 23.8 Å². The Labute approximate surface area is 117 Å². The number of hydrogen-bond acceptors (Lipinski definition) is 3. The van der Waals surface area contributed by atoms with Crippen LogP contribution in [0.25, 0.3) is 0 Å². The fraction of sp³-hybridized carbons (Fsp3) is 0.400. The second kappa shape index (κ2) is 5.86. The van der Waals surface area contributed by atoms with Crippen LogP contribution in [0.2, 0.25) is 0 Å². The van der Waals surface area contributed by atoms with E-state index in [1.165, 1.54) is 0 Å². The van der Waals surface area contributed by atoms with E-state index < -0.39 is 0 Å². The first kappa shape index (κ1) is 14.2. The lowest BCUT2D eigenvalue weighted by Gasteiger charge is -2.23. The number of Topliss-reactive ketones (excluding diaryl/α,β-unsaturated/α-hetero) is 1. The van der Waals surface area contributed by atoms with Crippen molar-refractivity contribution >= 4 is 29.0 Å². The molecule has 0 radical (unpaired) electrons. The van der Waals surface area contributed by atoms with Gasteiger partial charge in [0.15, 0.2) is 0 Å². The second-order valence-corrected chi connectivity index (χ2v) is 5.06. The molecule has 0 aliphatic heterocycles.